The summed E-state index contributed by atoms with van der Waals surface area (Å²) in [4.78, 5) is 15.9. The number of piperazine rings is 1. The predicted octanol–water partition coefficient (Wildman–Crippen LogP) is 1.27. The number of carboxylic acids is 1. The van der Waals surface area contributed by atoms with Gasteiger partial charge < -0.3 is 5.11 Å². The molecule has 2 saturated heterocycles. The number of aliphatic carboxylic acids is 1. The van der Waals surface area contributed by atoms with E-state index >= 15 is 0 Å². The number of hydrogen-bond acceptors (Lipinski definition) is 3. The molecule has 0 bridgehead atoms. The van der Waals surface area contributed by atoms with Crippen molar-refractivity contribution >= 4 is 5.97 Å². The standard InChI is InChI=1S/C13H24N2O2/c1-10(13(16)17)7-15-9-12-5-3-4-6-14(12)8-11(15)2/h10-12H,3-9H2,1-2H3,(H,16,17). The van der Waals surface area contributed by atoms with Crippen LogP contribution < -0.4 is 0 Å². The van der Waals surface area contributed by atoms with Gasteiger partial charge in [0.25, 0.3) is 0 Å². The Morgan fingerprint density at radius 1 is 1.41 bits per heavy atom. The van der Waals surface area contributed by atoms with Crippen molar-refractivity contribution in [3.05, 3.63) is 0 Å². The van der Waals surface area contributed by atoms with Gasteiger partial charge >= 0.3 is 5.97 Å². The van der Waals surface area contributed by atoms with E-state index in [9.17, 15) is 4.79 Å². The second-order valence-corrected chi connectivity index (χ2v) is 5.69. The van der Waals surface area contributed by atoms with Crippen molar-refractivity contribution in [2.45, 2.75) is 45.2 Å². The van der Waals surface area contributed by atoms with E-state index < -0.39 is 5.97 Å². The summed E-state index contributed by atoms with van der Waals surface area (Å²) < 4.78 is 0. The third-order valence-electron chi connectivity index (χ3n) is 4.25. The van der Waals surface area contributed by atoms with Crippen LogP contribution in [0.4, 0.5) is 0 Å². The van der Waals surface area contributed by atoms with Crippen LogP contribution in [0.15, 0.2) is 0 Å². The van der Waals surface area contributed by atoms with Crippen LogP contribution in [0.25, 0.3) is 0 Å². The Morgan fingerprint density at radius 2 is 2.18 bits per heavy atom. The highest BCUT2D eigenvalue weighted by atomic mass is 16.4. The number of carbonyl (C=O) groups is 1. The maximum absolute atomic E-state index is 10.9. The van der Waals surface area contributed by atoms with Crippen molar-refractivity contribution in [2.75, 3.05) is 26.2 Å². The van der Waals surface area contributed by atoms with E-state index in [0.29, 0.717) is 18.6 Å². The van der Waals surface area contributed by atoms with Gasteiger partial charge in [0.1, 0.15) is 0 Å². The van der Waals surface area contributed by atoms with Crippen LogP contribution in [0.5, 0.6) is 0 Å². The van der Waals surface area contributed by atoms with Crippen molar-refractivity contribution in [3.8, 4) is 0 Å². The second-order valence-electron chi connectivity index (χ2n) is 5.69. The van der Waals surface area contributed by atoms with Crippen LogP contribution in [0.2, 0.25) is 0 Å². The average molecular weight is 240 g/mol. The monoisotopic (exact) mass is 240 g/mol. The smallest absolute Gasteiger partial charge is 0.307 e. The topological polar surface area (TPSA) is 43.8 Å². The van der Waals surface area contributed by atoms with E-state index in [0.717, 1.165) is 13.1 Å². The minimum absolute atomic E-state index is 0.257. The minimum atomic E-state index is -0.678. The number of nitrogens with zero attached hydrogens (tertiary/aromatic N) is 2. The first kappa shape index (κ1) is 12.8. The zero-order valence-corrected chi connectivity index (χ0v) is 10.9. The van der Waals surface area contributed by atoms with Crippen molar-refractivity contribution in [1.29, 1.82) is 0 Å². The van der Waals surface area contributed by atoms with Gasteiger partial charge in [0.15, 0.2) is 0 Å². The summed E-state index contributed by atoms with van der Waals surface area (Å²) in [6.07, 6.45) is 3.94. The van der Waals surface area contributed by atoms with Crippen molar-refractivity contribution in [3.63, 3.8) is 0 Å². The fourth-order valence-electron chi connectivity index (χ4n) is 3.10. The lowest BCUT2D eigenvalue weighted by atomic mass is 9.96. The predicted molar refractivity (Wildman–Crippen MR) is 67.0 cm³/mol. The van der Waals surface area contributed by atoms with Crippen molar-refractivity contribution in [2.24, 2.45) is 5.92 Å². The largest absolute Gasteiger partial charge is 0.481 e. The molecule has 0 aromatic heterocycles. The summed E-state index contributed by atoms with van der Waals surface area (Å²) in [6, 6.07) is 1.16. The van der Waals surface area contributed by atoms with Crippen LogP contribution in [0.1, 0.15) is 33.1 Å². The SMILES string of the molecule is CC(CN1CC2CCCCN2CC1C)C(=O)O. The van der Waals surface area contributed by atoms with Crippen LogP contribution in [0, 0.1) is 5.92 Å². The summed E-state index contributed by atoms with van der Waals surface area (Å²) in [6.45, 7) is 8.12. The molecule has 0 spiro atoms. The number of hydrogen-bond donors (Lipinski definition) is 1. The molecule has 2 rings (SSSR count). The zero-order valence-electron chi connectivity index (χ0n) is 10.9. The number of rotatable bonds is 3. The third-order valence-corrected chi connectivity index (χ3v) is 4.25. The average Bonchev–Trinajstić information content (AvgIpc) is 2.29. The van der Waals surface area contributed by atoms with Gasteiger partial charge in [0.05, 0.1) is 5.92 Å². The Morgan fingerprint density at radius 3 is 2.88 bits per heavy atom. The third kappa shape index (κ3) is 2.99. The highest BCUT2D eigenvalue weighted by Gasteiger charge is 2.33. The van der Waals surface area contributed by atoms with Gasteiger partial charge in [-0.3, -0.25) is 14.6 Å². The van der Waals surface area contributed by atoms with Crippen LogP contribution in [-0.4, -0.2) is 59.1 Å². The molecule has 98 valence electrons. The number of fused-ring (bicyclic) bond motifs is 1. The first-order chi connectivity index (χ1) is 8.08. The molecule has 2 aliphatic heterocycles. The van der Waals surface area contributed by atoms with Crippen LogP contribution in [-0.2, 0) is 4.79 Å². The lowest BCUT2D eigenvalue weighted by Crippen LogP contribution is -2.59. The normalized spacial score (nSPS) is 33.1. The van der Waals surface area contributed by atoms with E-state index in [1.54, 1.807) is 0 Å². The summed E-state index contributed by atoms with van der Waals surface area (Å²) in [5.74, 6) is -0.934. The molecule has 2 fully saturated rings. The van der Waals surface area contributed by atoms with Gasteiger partial charge in [-0.1, -0.05) is 13.3 Å². The lowest BCUT2D eigenvalue weighted by Gasteiger charge is -2.48. The Bertz CT molecular complexity index is 283. The molecule has 0 radical (unpaired) electrons. The van der Waals surface area contributed by atoms with E-state index in [1.807, 2.05) is 6.92 Å². The molecule has 0 aromatic rings. The lowest BCUT2D eigenvalue weighted by molar-refractivity contribution is -0.142. The fourth-order valence-corrected chi connectivity index (χ4v) is 3.10. The molecular formula is C13H24N2O2. The number of carboxylic acid groups (broad SMARTS) is 1. The fraction of sp³-hybridized carbons (Fsp3) is 0.923. The molecule has 3 unspecified atom stereocenters. The van der Waals surface area contributed by atoms with E-state index in [4.69, 9.17) is 5.11 Å². The first-order valence-electron chi connectivity index (χ1n) is 6.79. The van der Waals surface area contributed by atoms with E-state index in [1.165, 1.54) is 25.8 Å². The molecule has 17 heavy (non-hydrogen) atoms. The van der Waals surface area contributed by atoms with Gasteiger partial charge in [-0.25, -0.2) is 0 Å². The van der Waals surface area contributed by atoms with Crippen LogP contribution >= 0.6 is 0 Å². The highest BCUT2D eigenvalue weighted by Crippen LogP contribution is 2.24. The second kappa shape index (κ2) is 5.36. The first-order valence-corrected chi connectivity index (χ1v) is 6.79. The molecule has 2 heterocycles. The van der Waals surface area contributed by atoms with Gasteiger partial charge in [0.2, 0.25) is 0 Å². The van der Waals surface area contributed by atoms with E-state index in [2.05, 4.69) is 16.7 Å². The van der Waals surface area contributed by atoms with Gasteiger partial charge in [-0.15, -0.1) is 0 Å². The van der Waals surface area contributed by atoms with E-state index in [-0.39, 0.29) is 5.92 Å². The summed E-state index contributed by atoms with van der Waals surface area (Å²) in [5, 5.41) is 8.99. The maximum atomic E-state index is 10.9. The Balaban J connectivity index is 1.92. The van der Waals surface area contributed by atoms with Gasteiger partial charge in [-0.05, 0) is 26.3 Å². The number of piperidine rings is 1. The molecule has 0 amide bonds. The molecular weight excluding hydrogens is 216 g/mol. The Hall–Kier alpha value is -0.610. The molecule has 0 aliphatic carbocycles. The molecule has 4 heteroatoms. The summed E-state index contributed by atoms with van der Waals surface area (Å²) >= 11 is 0. The molecule has 1 N–H and O–H groups in total. The quantitative estimate of drug-likeness (QED) is 0.806. The Labute approximate surface area is 104 Å². The molecule has 2 aliphatic rings. The summed E-state index contributed by atoms with van der Waals surface area (Å²) in [5.41, 5.74) is 0. The highest BCUT2D eigenvalue weighted by molar-refractivity contribution is 5.69. The molecule has 3 atom stereocenters. The van der Waals surface area contributed by atoms with Crippen LogP contribution in [0.3, 0.4) is 0 Å². The van der Waals surface area contributed by atoms with Gasteiger partial charge in [0, 0.05) is 31.7 Å². The molecule has 0 saturated carbocycles. The molecule has 0 aromatic carbocycles. The zero-order chi connectivity index (χ0) is 12.4. The van der Waals surface area contributed by atoms with Gasteiger partial charge in [-0.2, -0.15) is 0 Å². The minimum Gasteiger partial charge on any atom is -0.481 e. The van der Waals surface area contributed by atoms with Crippen molar-refractivity contribution in [1.82, 2.24) is 9.80 Å². The Kier molecular flexibility index (Phi) is 4.05. The van der Waals surface area contributed by atoms with Crippen molar-refractivity contribution < 1.29 is 9.90 Å². The molecule has 4 nitrogen and oxygen atoms in total. The summed E-state index contributed by atoms with van der Waals surface area (Å²) in [7, 11) is 0. The maximum Gasteiger partial charge on any atom is 0.307 e.